The molecule has 0 radical (unpaired) electrons. The average molecular weight is 209 g/mol. The van der Waals surface area contributed by atoms with E-state index in [1.807, 2.05) is 18.2 Å². The van der Waals surface area contributed by atoms with Crippen LogP contribution in [0.15, 0.2) is 30.6 Å². The SMILES string of the molecule is CC(C)(C)OC(C)(C)C.c1ccncc1. The van der Waals surface area contributed by atoms with Crippen LogP contribution >= 0.6 is 0 Å². The molecule has 0 saturated heterocycles. The maximum Gasteiger partial charge on any atom is 0.0605 e. The molecule has 0 unspecified atom stereocenters. The highest BCUT2D eigenvalue weighted by Gasteiger charge is 2.19. The van der Waals surface area contributed by atoms with Gasteiger partial charge in [-0.05, 0) is 53.7 Å². The van der Waals surface area contributed by atoms with Crippen LogP contribution in [0.1, 0.15) is 41.5 Å². The lowest BCUT2D eigenvalue weighted by atomic mass is 10.1. The van der Waals surface area contributed by atoms with Crippen molar-refractivity contribution in [3.05, 3.63) is 30.6 Å². The van der Waals surface area contributed by atoms with Gasteiger partial charge in [0.15, 0.2) is 0 Å². The highest BCUT2D eigenvalue weighted by Crippen LogP contribution is 2.17. The zero-order valence-corrected chi connectivity index (χ0v) is 10.7. The molecule has 1 heterocycles. The molecule has 0 fully saturated rings. The normalized spacial score (nSPS) is 11.6. The lowest BCUT2D eigenvalue weighted by Gasteiger charge is -2.30. The first-order valence-electron chi connectivity index (χ1n) is 5.26. The summed E-state index contributed by atoms with van der Waals surface area (Å²) < 4.78 is 5.62. The second-order valence-electron chi connectivity index (χ2n) is 5.35. The van der Waals surface area contributed by atoms with Crippen LogP contribution in [0.3, 0.4) is 0 Å². The third-order valence-electron chi connectivity index (χ3n) is 1.18. The predicted molar refractivity (Wildman–Crippen MR) is 64.8 cm³/mol. The van der Waals surface area contributed by atoms with E-state index in [4.69, 9.17) is 4.74 Å². The van der Waals surface area contributed by atoms with Crippen LogP contribution in [0, 0.1) is 0 Å². The van der Waals surface area contributed by atoms with Gasteiger partial charge in [0.2, 0.25) is 0 Å². The van der Waals surface area contributed by atoms with Gasteiger partial charge in [-0.3, -0.25) is 4.98 Å². The van der Waals surface area contributed by atoms with E-state index in [0.29, 0.717) is 0 Å². The van der Waals surface area contributed by atoms with Crippen LogP contribution in [0.2, 0.25) is 0 Å². The summed E-state index contributed by atoms with van der Waals surface area (Å²) in [7, 11) is 0. The molecule has 2 heteroatoms. The topological polar surface area (TPSA) is 22.1 Å². The first-order chi connectivity index (χ1) is 6.71. The molecule has 1 rings (SSSR count). The van der Waals surface area contributed by atoms with Crippen molar-refractivity contribution in [2.75, 3.05) is 0 Å². The minimum absolute atomic E-state index is 0.0156. The Hall–Kier alpha value is -0.890. The molecule has 0 amide bonds. The number of hydrogen-bond acceptors (Lipinski definition) is 2. The van der Waals surface area contributed by atoms with Gasteiger partial charge in [0, 0.05) is 12.4 Å². The van der Waals surface area contributed by atoms with Crippen LogP contribution in [-0.2, 0) is 4.74 Å². The van der Waals surface area contributed by atoms with E-state index in [1.54, 1.807) is 12.4 Å². The fourth-order valence-electron chi connectivity index (χ4n) is 1.23. The summed E-state index contributed by atoms with van der Waals surface area (Å²) in [6, 6.07) is 5.72. The molecule has 0 aliphatic heterocycles. The van der Waals surface area contributed by atoms with Gasteiger partial charge < -0.3 is 4.74 Å². The van der Waals surface area contributed by atoms with E-state index in [1.165, 1.54) is 0 Å². The van der Waals surface area contributed by atoms with Crippen molar-refractivity contribution < 1.29 is 4.74 Å². The highest BCUT2D eigenvalue weighted by molar-refractivity contribution is 4.88. The Kier molecular flexibility index (Phi) is 5.51. The Morgan fingerprint density at radius 1 is 0.733 bits per heavy atom. The molecule has 0 aliphatic carbocycles. The van der Waals surface area contributed by atoms with Crippen molar-refractivity contribution in [1.29, 1.82) is 0 Å². The van der Waals surface area contributed by atoms with Gasteiger partial charge in [0.25, 0.3) is 0 Å². The molecular weight excluding hydrogens is 186 g/mol. The molecule has 1 aromatic heterocycles. The fraction of sp³-hybridized carbons (Fsp3) is 0.615. The van der Waals surface area contributed by atoms with Gasteiger partial charge in [-0.1, -0.05) is 6.07 Å². The molecule has 1 aromatic rings. The summed E-state index contributed by atoms with van der Waals surface area (Å²) in [5.74, 6) is 0. The Morgan fingerprint density at radius 2 is 1.13 bits per heavy atom. The number of hydrogen-bond donors (Lipinski definition) is 0. The minimum Gasteiger partial charge on any atom is -0.370 e. The Morgan fingerprint density at radius 3 is 1.20 bits per heavy atom. The van der Waals surface area contributed by atoms with E-state index in [0.717, 1.165) is 0 Å². The Balaban J connectivity index is 0.000000280. The second kappa shape index (κ2) is 5.86. The zero-order chi connectivity index (χ0) is 11.9. The van der Waals surface area contributed by atoms with Gasteiger partial charge in [-0.25, -0.2) is 0 Å². The van der Waals surface area contributed by atoms with Crippen LogP contribution in [0.4, 0.5) is 0 Å². The third-order valence-corrected chi connectivity index (χ3v) is 1.18. The lowest BCUT2D eigenvalue weighted by Crippen LogP contribution is -2.31. The zero-order valence-electron chi connectivity index (χ0n) is 10.7. The Bertz CT molecular complexity index is 205. The van der Waals surface area contributed by atoms with Crippen molar-refractivity contribution in [2.45, 2.75) is 52.7 Å². The summed E-state index contributed by atoms with van der Waals surface area (Å²) in [4.78, 5) is 3.78. The number of aromatic nitrogens is 1. The first-order valence-corrected chi connectivity index (χ1v) is 5.26. The van der Waals surface area contributed by atoms with E-state index < -0.39 is 0 Å². The van der Waals surface area contributed by atoms with E-state index in [9.17, 15) is 0 Å². The van der Waals surface area contributed by atoms with Crippen LogP contribution in [-0.4, -0.2) is 16.2 Å². The van der Waals surface area contributed by atoms with E-state index in [2.05, 4.69) is 46.5 Å². The first kappa shape index (κ1) is 14.1. The largest absolute Gasteiger partial charge is 0.370 e. The summed E-state index contributed by atoms with van der Waals surface area (Å²) in [6.07, 6.45) is 3.50. The number of pyridine rings is 1. The Labute approximate surface area is 93.7 Å². The molecule has 0 bridgehead atoms. The maximum absolute atomic E-state index is 5.62. The number of rotatable bonds is 0. The summed E-state index contributed by atoms with van der Waals surface area (Å²) in [5, 5.41) is 0. The molecule has 86 valence electrons. The molecular formula is C13H23NO. The molecule has 0 spiro atoms. The summed E-state index contributed by atoms with van der Waals surface area (Å²) >= 11 is 0. The average Bonchev–Trinajstić information content (AvgIpc) is 2.01. The van der Waals surface area contributed by atoms with Crippen molar-refractivity contribution in [3.63, 3.8) is 0 Å². The number of nitrogens with zero attached hydrogens (tertiary/aromatic N) is 1. The quantitative estimate of drug-likeness (QED) is 0.650. The minimum atomic E-state index is -0.0156. The van der Waals surface area contributed by atoms with Gasteiger partial charge in [0.1, 0.15) is 0 Å². The van der Waals surface area contributed by atoms with Gasteiger partial charge >= 0.3 is 0 Å². The molecule has 15 heavy (non-hydrogen) atoms. The highest BCUT2D eigenvalue weighted by atomic mass is 16.5. The van der Waals surface area contributed by atoms with Crippen molar-refractivity contribution in [1.82, 2.24) is 4.98 Å². The van der Waals surface area contributed by atoms with Crippen molar-refractivity contribution in [3.8, 4) is 0 Å². The summed E-state index contributed by atoms with van der Waals surface area (Å²) in [5.41, 5.74) is -0.0312. The second-order valence-corrected chi connectivity index (χ2v) is 5.35. The molecule has 0 aliphatic rings. The van der Waals surface area contributed by atoms with Crippen molar-refractivity contribution >= 4 is 0 Å². The van der Waals surface area contributed by atoms with Crippen LogP contribution in [0.5, 0.6) is 0 Å². The lowest BCUT2D eigenvalue weighted by molar-refractivity contribution is -0.102. The molecule has 0 aromatic carbocycles. The van der Waals surface area contributed by atoms with E-state index in [-0.39, 0.29) is 11.2 Å². The third kappa shape index (κ3) is 13.1. The molecule has 2 nitrogen and oxygen atoms in total. The van der Waals surface area contributed by atoms with Gasteiger partial charge in [0.05, 0.1) is 11.2 Å². The standard InChI is InChI=1S/C8H18O.C5H5N/c1-7(2,3)9-8(4,5)6;1-2-4-6-5-3-1/h1-6H3;1-5H. The van der Waals surface area contributed by atoms with Crippen molar-refractivity contribution in [2.24, 2.45) is 0 Å². The summed E-state index contributed by atoms with van der Waals surface area (Å²) in [6.45, 7) is 12.4. The van der Waals surface area contributed by atoms with Gasteiger partial charge in [-0.15, -0.1) is 0 Å². The molecule has 0 N–H and O–H groups in total. The monoisotopic (exact) mass is 209 g/mol. The smallest absolute Gasteiger partial charge is 0.0605 e. The molecule has 0 saturated carbocycles. The maximum atomic E-state index is 5.62. The molecule has 0 atom stereocenters. The van der Waals surface area contributed by atoms with Crippen LogP contribution < -0.4 is 0 Å². The fourth-order valence-corrected chi connectivity index (χ4v) is 1.23. The van der Waals surface area contributed by atoms with E-state index >= 15 is 0 Å². The predicted octanol–water partition coefficient (Wildman–Crippen LogP) is 3.68. The van der Waals surface area contributed by atoms with Gasteiger partial charge in [-0.2, -0.15) is 0 Å². The number of ether oxygens (including phenoxy) is 1. The van der Waals surface area contributed by atoms with Crippen LogP contribution in [0.25, 0.3) is 0 Å².